The Balaban J connectivity index is 2.30. The van der Waals surface area contributed by atoms with Crippen LogP contribution in [0.25, 0.3) is 0 Å². The van der Waals surface area contributed by atoms with Crippen molar-refractivity contribution in [2.45, 2.75) is 5.03 Å². The molecule has 0 saturated carbocycles. The Morgan fingerprint density at radius 2 is 2.05 bits per heavy atom. The number of nitrogen functional groups attached to an aromatic ring is 1. The zero-order chi connectivity index (χ0) is 14.6. The average Bonchev–Trinajstić information content (AvgIpc) is 2.47. The topological polar surface area (TPSA) is 119 Å². The van der Waals surface area contributed by atoms with E-state index in [2.05, 4.69) is 20.1 Å². The summed E-state index contributed by atoms with van der Waals surface area (Å²) >= 11 is 0. The van der Waals surface area contributed by atoms with E-state index in [9.17, 15) is 8.42 Å². The monoisotopic (exact) mass is 295 g/mol. The minimum absolute atomic E-state index is 0.196. The molecular formula is C11H13N5O3S. The van der Waals surface area contributed by atoms with Gasteiger partial charge in [-0.2, -0.15) is 8.42 Å². The van der Waals surface area contributed by atoms with Crippen molar-refractivity contribution >= 4 is 21.4 Å². The fourth-order valence-electron chi connectivity index (χ4n) is 1.48. The van der Waals surface area contributed by atoms with Gasteiger partial charge >= 0.3 is 0 Å². The average molecular weight is 295 g/mol. The summed E-state index contributed by atoms with van der Waals surface area (Å²) in [6.07, 6.45) is 2.70. The molecule has 2 heterocycles. The number of nitrogens with one attached hydrogen (secondary N) is 2. The van der Waals surface area contributed by atoms with E-state index in [1.54, 1.807) is 12.1 Å². The molecule has 0 bridgehead atoms. The number of nitrogens with two attached hydrogens (primary N) is 1. The van der Waals surface area contributed by atoms with Gasteiger partial charge in [0.25, 0.3) is 10.0 Å². The third kappa shape index (κ3) is 2.95. The second-order valence-corrected chi connectivity index (χ2v) is 5.29. The molecule has 4 N–H and O–H groups in total. The number of sulfonamides is 1. The zero-order valence-electron chi connectivity index (χ0n) is 10.6. The number of hydrogen-bond donors (Lipinski definition) is 3. The van der Waals surface area contributed by atoms with Crippen LogP contribution in [0.15, 0.2) is 41.7 Å². The van der Waals surface area contributed by atoms with Gasteiger partial charge in [0.15, 0.2) is 0 Å². The van der Waals surface area contributed by atoms with Crippen LogP contribution in [-0.4, -0.2) is 25.5 Å². The van der Waals surface area contributed by atoms with Crippen molar-refractivity contribution in [3.63, 3.8) is 0 Å². The Labute approximate surface area is 116 Å². The number of rotatable bonds is 5. The molecule has 106 valence electrons. The number of methoxy groups -OCH3 is 1. The molecule has 8 nitrogen and oxygen atoms in total. The molecular weight excluding hydrogens is 282 g/mol. The van der Waals surface area contributed by atoms with Crippen molar-refractivity contribution in [3.8, 4) is 5.88 Å². The molecule has 0 atom stereocenters. The standard InChI is InChI=1S/C11H13N5O3S/c1-19-10-5-4-8(7-14-10)16-20(17,18)11-9(15-12)3-2-6-13-11/h2-7,15-16H,12H2,1H3. The van der Waals surface area contributed by atoms with Crippen LogP contribution in [0.3, 0.4) is 0 Å². The Morgan fingerprint density at radius 1 is 1.25 bits per heavy atom. The van der Waals surface area contributed by atoms with Gasteiger partial charge in [-0.05, 0) is 18.2 Å². The fraction of sp³-hybridized carbons (Fsp3) is 0.0909. The summed E-state index contributed by atoms with van der Waals surface area (Å²) in [6, 6.07) is 6.15. The highest BCUT2D eigenvalue weighted by Crippen LogP contribution is 2.20. The Kier molecular flexibility index (Phi) is 4.01. The van der Waals surface area contributed by atoms with Crippen molar-refractivity contribution in [1.29, 1.82) is 0 Å². The van der Waals surface area contributed by atoms with Crippen molar-refractivity contribution in [2.75, 3.05) is 17.3 Å². The fourth-order valence-corrected chi connectivity index (χ4v) is 2.62. The highest BCUT2D eigenvalue weighted by molar-refractivity contribution is 7.92. The summed E-state index contributed by atoms with van der Waals surface area (Å²) in [5, 5.41) is -0.196. The van der Waals surface area contributed by atoms with Crippen LogP contribution in [0.4, 0.5) is 11.4 Å². The number of hydrogen-bond acceptors (Lipinski definition) is 7. The van der Waals surface area contributed by atoms with E-state index < -0.39 is 10.0 Å². The summed E-state index contributed by atoms with van der Waals surface area (Å²) in [7, 11) is -2.39. The molecule has 0 fully saturated rings. The van der Waals surface area contributed by atoms with E-state index in [-0.39, 0.29) is 10.7 Å². The summed E-state index contributed by atoms with van der Waals surface area (Å²) in [5.74, 6) is 5.65. The van der Waals surface area contributed by atoms with Gasteiger partial charge in [-0.25, -0.2) is 9.97 Å². The molecule has 0 spiro atoms. The molecule has 0 radical (unpaired) electrons. The number of hydrazine groups is 1. The van der Waals surface area contributed by atoms with Crippen LogP contribution in [0.5, 0.6) is 5.88 Å². The van der Waals surface area contributed by atoms with Crippen molar-refractivity contribution in [1.82, 2.24) is 9.97 Å². The molecule has 20 heavy (non-hydrogen) atoms. The van der Waals surface area contributed by atoms with Gasteiger partial charge in [0, 0.05) is 12.3 Å². The molecule has 0 aliphatic carbocycles. The molecule has 0 aromatic carbocycles. The number of aromatic nitrogens is 2. The van der Waals surface area contributed by atoms with Gasteiger partial charge in [-0.3, -0.25) is 10.6 Å². The molecule has 0 unspecified atom stereocenters. The van der Waals surface area contributed by atoms with Gasteiger partial charge in [0.2, 0.25) is 10.9 Å². The smallest absolute Gasteiger partial charge is 0.281 e. The van der Waals surface area contributed by atoms with Crippen LogP contribution in [-0.2, 0) is 10.0 Å². The maximum atomic E-state index is 12.2. The number of ether oxygens (including phenoxy) is 1. The van der Waals surface area contributed by atoms with Gasteiger partial charge in [0.05, 0.1) is 24.7 Å². The minimum atomic E-state index is -3.86. The molecule has 0 aliphatic heterocycles. The predicted octanol–water partition coefficient (Wildman–Crippen LogP) is 0.572. The third-order valence-electron chi connectivity index (χ3n) is 2.38. The van der Waals surface area contributed by atoms with Gasteiger partial charge in [0.1, 0.15) is 0 Å². The Morgan fingerprint density at radius 3 is 2.65 bits per heavy atom. The van der Waals surface area contributed by atoms with Gasteiger partial charge in [-0.15, -0.1) is 0 Å². The van der Waals surface area contributed by atoms with E-state index in [0.717, 1.165) is 0 Å². The molecule has 2 aromatic heterocycles. The second kappa shape index (κ2) is 5.72. The van der Waals surface area contributed by atoms with Crippen LogP contribution in [0.1, 0.15) is 0 Å². The van der Waals surface area contributed by atoms with Crippen molar-refractivity contribution < 1.29 is 13.2 Å². The third-order valence-corrected chi connectivity index (χ3v) is 3.72. The molecule has 0 saturated heterocycles. The van der Waals surface area contributed by atoms with Gasteiger partial charge in [-0.1, -0.05) is 0 Å². The zero-order valence-corrected chi connectivity index (χ0v) is 11.4. The first-order valence-corrected chi connectivity index (χ1v) is 6.99. The minimum Gasteiger partial charge on any atom is -0.481 e. The lowest BCUT2D eigenvalue weighted by Gasteiger charge is -2.10. The molecule has 2 rings (SSSR count). The maximum absolute atomic E-state index is 12.2. The molecule has 9 heteroatoms. The van der Waals surface area contributed by atoms with Crippen LogP contribution < -0.4 is 20.7 Å². The normalized spacial score (nSPS) is 10.9. The predicted molar refractivity (Wildman–Crippen MR) is 73.6 cm³/mol. The Hall–Kier alpha value is -2.39. The van der Waals surface area contributed by atoms with E-state index in [4.69, 9.17) is 10.6 Å². The first-order chi connectivity index (χ1) is 9.56. The number of anilines is 2. The highest BCUT2D eigenvalue weighted by Gasteiger charge is 2.20. The van der Waals surface area contributed by atoms with E-state index in [0.29, 0.717) is 11.6 Å². The SMILES string of the molecule is COc1ccc(NS(=O)(=O)c2ncccc2NN)cn1. The maximum Gasteiger partial charge on any atom is 0.281 e. The number of pyridine rings is 2. The van der Waals surface area contributed by atoms with Crippen molar-refractivity contribution in [2.24, 2.45) is 5.84 Å². The molecule has 2 aromatic rings. The van der Waals surface area contributed by atoms with E-state index in [1.807, 2.05) is 0 Å². The second-order valence-electron chi connectivity index (χ2n) is 3.70. The lowest BCUT2D eigenvalue weighted by Crippen LogP contribution is -2.19. The lowest BCUT2D eigenvalue weighted by molar-refractivity contribution is 0.398. The van der Waals surface area contributed by atoms with Crippen LogP contribution in [0, 0.1) is 0 Å². The lowest BCUT2D eigenvalue weighted by atomic mass is 10.4. The van der Waals surface area contributed by atoms with E-state index in [1.165, 1.54) is 31.6 Å². The summed E-state index contributed by atoms with van der Waals surface area (Å²) in [5.41, 5.74) is 2.78. The van der Waals surface area contributed by atoms with Gasteiger partial charge < -0.3 is 10.2 Å². The van der Waals surface area contributed by atoms with Crippen LogP contribution >= 0.6 is 0 Å². The Bertz CT molecular complexity index is 687. The number of nitrogens with zero attached hydrogens (tertiary/aromatic N) is 2. The largest absolute Gasteiger partial charge is 0.481 e. The summed E-state index contributed by atoms with van der Waals surface area (Å²) in [4.78, 5) is 7.72. The first kappa shape index (κ1) is 14.0. The van der Waals surface area contributed by atoms with E-state index >= 15 is 0 Å². The highest BCUT2D eigenvalue weighted by atomic mass is 32.2. The van der Waals surface area contributed by atoms with Crippen LogP contribution in [0.2, 0.25) is 0 Å². The molecule has 0 aliphatic rings. The summed E-state index contributed by atoms with van der Waals surface area (Å²) in [6.45, 7) is 0. The van der Waals surface area contributed by atoms with Crippen molar-refractivity contribution in [3.05, 3.63) is 36.7 Å². The quantitative estimate of drug-likeness (QED) is 0.545. The molecule has 0 amide bonds. The first-order valence-electron chi connectivity index (χ1n) is 5.51. The summed E-state index contributed by atoms with van der Waals surface area (Å²) < 4.78 is 31.7.